The normalized spacial score (nSPS) is 13.0. The van der Waals surface area contributed by atoms with E-state index in [2.05, 4.69) is 115 Å². The first-order valence-corrected chi connectivity index (χ1v) is 13.6. The SMILES string of the molecule is Cc1c2c(c(C)c3cc(CC(C)(C)C)ccc13)-c1c3c(cc4ccc(CC(C)C)cc4c3cc[n+]1C)O2. The van der Waals surface area contributed by atoms with Crippen molar-refractivity contribution in [2.45, 2.75) is 61.3 Å². The Bertz CT molecular complexity index is 1730. The van der Waals surface area contributed by atoms with E-state index in [4.69, 9.17) is 4.74 Å². The lowest BCUT2D eigenvalue weighted by Gasteiger charge is -2.25. The summed E-state index contributed by atoms with van der Waals surface area (Å²) in [7, 11) is 2.17. The van der Waals surface area contributed by atoms with Crippen molar-refractivity contribution in [1.82, 2.24) is 0 Å². The van der Waals surface area contributed by atoms with Gasteiger partial charge >= 0.3 is 0 Å². The molecule has 0 N–H and O–H groups in total. The average molecular weight is 489 g/mol. The molecule has 0 bridgehead atoms. The lowest BCUT2D eigenvalue weighted by Crippen LogP contribution is -2.32. The predicted octanol–water partition coefficient (Wildman–Crippen LogP) is 9.15. The molecule has 188 valence electrons. The first-order chi connectivity index (χ1) is 17.5. The van der Waals surface area contributed by atoms with Gasteiger partial charge in [-0.3, -0.25) is 0 Å². The minimum absolute atomic E-state index is 0.250. The molecular weight excluding hydrogens is 450 g/mol. The molecule has 2 heterocycles. The van der Waals surface area contributed by atoms with E-state index in [0.717, 1.165) is 24.3 Å². The van der Waals surface area contributed by atoms with Crippen molar-refractivity contribution in [3.63, 3.8) is 0 Å². The number of aromatic nitrogens is 1. The minimum Gasteiger partial charge on any atom is -0.455 e. The fourth-order valence-corrected chi connectivity index (χ4v) is 6.37. The molecule has 1 aliphatic heterocycles. The van der Waals surface area contributed by atoms with E-state index in [1.807, 2.05) is 0 Å². The predicted molar refractivity (Wildman–Crippen MR) is 157 cm³/mol. The van der Waals surface area contributed by atoms with Crippen molar-refractivity contribution in [3.05, 3.63) is 77.0 Å². The van der Waals surface area contributed by atoms with Crippen molar-refractivity contribution in [3.8, 4) is 22.8 Å². The van der Waals surface area contributed by atoms with Crippen LogP contribution >= 0.6 is 0 Å². The summed E-state index contributed by atoms with van der Waals surface area (Å²) in [5, 5.41) is 7.66. The van der Waals surface area contributed by atoms with Crippen LogP contribution in [0.15, 0.2) is 54.7 Å². The lowest BCUT2D eigenvalue weighted by atomic mass is 9.84. The highest BCUT2D eigenvalue weighted by molar-refractivity contribution is 6.16. The second-order valence-corrected chi connectivity index (χ2v) is 12.8. The first-order valence-electron chi connectivity index (χ1n) is 13.6. The topological polar surface area (TPSA) is 13.1 Å². The highest BCUT2D eigenvalue weighted by atomic mass is 16.5. The number of hydrogen-bond donors (Lipinski definition) is 0. The Morgan fingerprint density at radius 2 is 1.54 bits per heavy atom. The monoisotopic (exact) mass is 488 g/mol. The van der Waals surface area contributed by atoms with Crippen LogP contribution in [0.2, 0.25) is 0 Å². The van der Waals surface area contributed by atoms with Gasteiger partial charge in [-0.2, -0.15) is 0 Å². The number of pyridine rings is 1. The molecule has 0 unspecified atom stereocenters. The van der Waals surface area contributed by atoms with E-state index < -0.39 is 0 Å². The summed E-state index contributed by atoms with van der Waals surface area (Å²) in [6, 6.07) is 18.5. The molecule has 0 saturated heterocycles. The minimum atomic E-state index is 0.250. The van der Waals surface area contributed by atoms with Gasteiger partial charge < -0.3 is 4.74 Å². The number of nitrogens with zero attached hydrogens (tertiary/aromatic N) is 1. The molecule has 37 heavy (non-hydrogen) atoms. The van der Waals surface area contributed by atoms with Crippen molar-refractivity contribution in [2.75, 3.05) is 0 Å². The van der Waals surface area contributed by atoms with E-state index in [1.54, 1.807) is 0 Å². The van der Waals surface area contributed by atoms with Gasteiger partial charge in [0.25, 0.3) is 0 Å². The van der Waals surface area contributed by atoms with Crippen molar-refractivity contribution in [1.29, 1.82) is 0 Å². The Hall–Kier alpha value is -3.39. The third kappa shape index (κ3) is 3.89. The summed E-state index contributed by atoms with van der Waals surface area (Å²) in [6.45, 7) is 16.0. The molecule has 5 aromatic rings. The number of fused-ring (bicyclic) bond motifs is 5. The summed E-state index contributed by atoms with van der Waals surface area (Å²) >= 11 is 0. The van der Waals surface area contributed by atoms with Gasteiger partial charge in [0.1, 0.15) is 18.5 Å². The van der Waals surface area contributed by atoms with Gasteiger partial charge in [-0.05, 0) is 82.3 Å². The molecule has 0 amide bonds. The van der Waals surface area contributed by atoms with Crippen molar-refractivity contribution < 1.29 is 9.30 Å². The summed E-state index contributed by atoms with van der Waals surface area (Å²) < 4.78 is 9.11. The Morgan fingerprint density at radius 3 is 2.27 bits per heavy atom. The highest BCUT2D eigenvalue weighted by Crippen LogP contribution is 2.51. The largest absolute Gasteiger partial charge is 0.455 e. The summed E-state index contributed by atoms with van der Waals surface area (Å²) in [5.41, 5.74) is 8.05. The van der Waals surface area contributed by atoms with E-state index in [-0.39, 0.29) is 5.41 Å². The zero-order valence-corrected chi connectivity index (χ0v) is 23.5. The van der Waals surface area contributed by atoms with Crippen LogP contribution in [0.3, 0.4) is 0 Å². The molecule has 1 aliphatic rings. The molecule has 6 rings (SSSR count). The van der Waals surface area contributed by atoms with Crippen LogP contribution in [0, 0.1) is 25.2 Å². The molecule has 0 atom stereocenters. The van der Waals surface area contributed by atoms with Crippen LogP contribution in [0.5, 0.6) is 11.5 Å². The van der Waals surface area contributed by atoms with Crippen LogP contribution in [0.4, 0.5) is 0 Å². The van der Waals surface area contributed by atoms with Crippen LogP contribution in [0.1, 0.15) is 56.9 Å². The molecule has 0 radical (unpaired) electrons. The molecule has 4 aromatic carbocycles. The van der Waals surface area contributed by atoms with Gasteiger partial charge in [0.2, 0.25) is 5.69 Å². The van der Waals surface area contributed by atoms with Gasteiger partial charge in [-0.25, -0.2) is 4.57 Å². The number of ether oxygens (including phenoxy) is 1. The van der Waals surface area contributed by atoms with Crippen LogP contribution in [-0.4, -0.2) is 0 Å². The standard InChI is InChI=1S/C35H38NO/c1-20(2)15-23-9-11-25-18-30-32-27(29(25)16-23)13-14-36(8)33(32)31-21(3)28-17-24(19-35(5,6)7)10-12-26(28)22(4)34(31)37-30/h9-14,16-18,20H,15,19H2,1-8H3/q+1. The summed E-state index contributed by atoms with van der Waals surface area (Å²) in [4.78, 5) is 0. The van der Waals surface area contributed by atoms with Gasteiger partial charge in [-0.15, -0.1) is 0 Å². The van der Waals surface area contributed by atoms with Gasteiger partial charge in [-0.1, -0.05) is 71.0 Å². The third-order valence-electron chi connectivity index (χ3n) is 7.93. The van der Waals surface area contributed by atoms with Crippen LogP contribution < -0.4 is 9.30 Å². The van der Waals surface area contributed by atoms with Gasteiger partial charge in [0.15, 0.2) is 6.20 Å². The first kappa shape index (κ1) is 24.0. The second kappa shape index (κ2) is 8.31. The fraction of sp³-hybridized carbons (Fsp3) is 0.343. The number of aryl methyl sites for hydroxylation is 3. The van der Waals surface area contributed by atoms with Gasteiger partial charge in [0.05, 0.1) is 10.9 Å². The zero-order valence-electron chi connectivity index (χ0n) is 23.5. The highest BCUT2D eigenvalue weighted by Gasteiger charge is 2.32. The molecule has 2 nitrogen and oxygen atoms in total. The Labute approximate surface area is 220 Å². The third-order valence-corrected chi connectivity index (χ3v) is 7.93. The molecule has 2 heteroatoms. The van der Waals surface area contributed by atoms with Crippen molar-refractivity contribution in [2.24, 2.45) is 18.4 Å². The second-order valence-electron chi connectivity index (χ2n) is 12.8. The molecule has 1 aromatic heterocycles. The van der Waals surface area contributed by atoms with E-state index in [0.29, 0.717) is 5.92 Å². The lowest BCUT2D eigenvalue weighted by molar-refractivity contribution is -0.659. The quantitative estimate of drug-likeness (QED) is 0.179. The van der Waals surface area contributed by atoms with Crippen LogP contribution in [0.25, 0.3) is 43.6 Å². The maximum Gasteiger partial charge on any atom is 0.228 e. The maximum absolute atomic E-state index is 6.82. The summed E-state index contributed by atoms with van der Waals surface area (Å²) in [6.07, 6.45) is 4.37. The molecule has 0 aliphatic carbocycles. The zero-order chi connectivity index (χ0) is 26.2. The number of benzene rings is 4. The molecular formula is C35H38NO+. The average Bonchev–Trinajstić information content (AvgIpc) is 2.82. The van der Waals surface area contributed by atoms with E-state index in [9.17, 15) is 0 Å². The molecule has 0 fully saturated rings. The van der Waals surface area contributed by atoms with Gasteiger partial charge in [0, 0.05) is 17.0 Å². The molecule has 0 spiro atoms. The number of rotatable bonds is 3. The van der Waals surface area contributed by atoms with Crippen LogP contribution in [-0.2, 0) is 19.9 Å². The fourth-order valence-electron chi connectivity index (χ4n) is 6.37. The Balaban J connectivity index is 1.67. The number of hydrogen-bond acceptors (Lipinski definition) is 1. The maximum atomic E-state index is 6.82. The Kier molecular flexibility index (Phi) is 5.39. The molecule has 0 saturated carbocycles. The Morgan fingerprint density at radius 1 is 0.811 bits per heavy atom. The smallest absolute Gasteiger partial charge is 0.228 e. The van der Waals surface area contributed by atoms with Crippen molar-refractivity contribution >= 4 is 32.3 Å². The van der Waals surface area contributed by atoms with E-state index >= 15 is 0 Å². The summed E-state index contributed by atoms with van der Waals surface area (Å²) in [5.74, 6) is 2.59. The van der Waals surface area contributed by atoms with E-state index in [1.165, 1.54) is 65.8 Å².